The van der Waals surface area contributed by atoms with Crippen molar-refractivity contribution in [2.45, 2.75) is 0 Å². The Kier molecular flexibility index (Phi) is 5.27. The Labute approximate surface area is 139 Å². The van der Waals surface area contributed by atoms with E-state index < -0.39 is 11.7 Å². The molecule has 0 fully saturated rings. The molecule has 0 aliphatic heterocycles. The number of rotatable bonds is 2. The van der Waals surface area contributed by atoms with Gasteiger partial charge in [0.2, 0.25) is 0 Å². The average molecular weight is 388 g/mol. The molecule has 0 spiro atoms. The Morgan fingerprint density at radius 2 is 1.86 bits per heavy atom. The van der Waals surface area contributed by atoms with Crippen LogP contribution in [-0.4, -0.2) is 11.0 Å². The van der Waals surface area contributed by atoms with E-state index in [-0.39, 0.29) is 5.11 Å². The SMILES string of the molecule is O=C(NC(=S)Nc1ccc(Br)c(Cl)c1)c1ccc(F)cc1. The molecule has 2 rings (SSSR count). The van der Waals surface area contributed by atoms with E-state index in [9.17, 15) is 9.18 Å². The summed E-state index contributed by atoms with van der Waals surface area (Å²) in [5, 5.41) is 5.99. The molecule has 0 aliphatic carbocycles. The number of amides is 1. The van der Waals surface area contributed by atoms with E-state index >= 15 is 0 Å². The molecule has 0 saturated carbocycles. The number of thiocarbonyl (C=S) groups is 1. The monoisotopic (exact) mass is 386 g/mol. The van der Waals surface area contributed by atoms with Crippen LogP contribution in [0.4, 0.5) is 10.1 Å². The lowest BCUT2D eigenvalue weighted by molar-refractivity contribution is 0.0977. The van der Waals surface area contributed by atoms with Crippen molar-refractivity contribution in [3.8, 4) is 0 Å². The van der Waals surface area contributed by atoms with Gasteiger partial charge in [-0.15, -0.1) is 0 Å². The van der Waals surface area contributed by atoms with Crippen molar-refractivity contribution in [2.75, 3.05) is 5.32 Å². The molecular formula is C14H9BrClFN2OS. The fourth-order valence-electron chi connectivity index (χ4n) is 1.51. The van der Waals surface area contributed by atoms with E-state index in [2.05, 4.69) is 26.6 Å². The number of halogens is 3. The second-order valence-electron chi connectivity index (χ2n) is 4.04. The van der Waals surface area contributed by atoms with Crippen molar-refractivity contribution in [3.63, 3.8) is 0 Å². The Morgan fingerprint density at radius 3 is 2.48 bits per heavy atom. The lowest BCUT2D eigenvalue weighted by atomic mass is 10.2. The summed E-state index contributed by atoms with van der Waals surface area (Å²) in [5.74, 6) is -0.826. The minimum Gasteiger partial charge on any atom is -0.332 e. The summed E-state index contributed by atoms with van der Waals surface area (Å²) < 4.78 is 13.5. The van der Waals surface area contributed by atoms with Crippen LogP contribution in [0.15, 0.2) is 46.9 Å². The number of hydrogen-bond acceptors (Lipinski definition) is 2. The Balaban J connectivity index is 1.99. The van der Waals surface area contributed by atoms with Gasteiger partial charge in [0.15, 0.2) is 5.11 Å². The maximum atomic E-state index is 12.8. The molecule has 0 heterocycles. The Bertz CT molecular complexity index is 694. The molecule has 0 aliphatic rings. The molecule has 0 aromatic heterocycles. The largest absolute Gasteiger partial charge is 0.332 e. The van der Waals surface area contributed by atoms with Gasteiger partial charge in [0.1, 0.15) is 5.82 Å². The van der Waals surface area contributed by atoms with Gasteiger partial charge in [-0.3, -0.25) is 10.1 Å². The van der Waals surface area contributed by atoms with Crippen molar-refractivity contribution in [3.05, 3.63) is 63.3 Å². The van der Waals surface area contributed by atoms with Crippen molar-refractivity contribution >= 4 is 56.5 Å². The van der Waals surface area contributed by atoms with Crippen LogP contribution in [0.25, 0.3) is 0 Å². The molecule has 0 atom stereocenters. The number of carbonyl (C=O) groups is 1. The molecule has 7 heteroatoms. The summed E-state index contributed by atoms with van der Waals surface area (Å²) in [6.45, 7) is 0. The van der Waals surface area contributed by atoms with Gasteiger partial charge < -0.3 is 5.32 Å². The number of nitrogens with one attached hydrogen (secondary N) is 2. The van der Waals surface area contributed by atoms with E-state index in [1.165, 1.54) is 24.3 Å². The van der Waals surface area contributed by atoms with Crippen LogP contribution in [-0.2, 0) is 0 Å². The molecule has 2 aromatic rings. The van der Waals surface area contributed by atoms with E-state index in [1.54, 1.807) is 18.2 Å². The predicted molar refractivity (Wildman–Crippen MR) is 89.2 cm³/mol. The van der Waals surface area contributed by atoms with E-state index in [1.807, 2.05) is 0 Å². The maximum Gasteiger partial charge on any atom is 0.257 e. The van der Waals surface area contributed by atoms with Crippen LogP contribution in [0.2, 0.25) is 5.02 Å². The molecular weight excluding hydrogens is 379 g/mol. The fraction of sp³-hybridized carbons (Fsp3) is 0. The summed E-state index contributed by atoms with van der Waals surface area (Å²) in [7, 11) is 0. The zero-order valence-electron chi connectivity index (χ0n) is 10.5. The topological polar surface area (TPSA) is 41.1 Å². The van der Waals surface area contributed by atoms with Gasteiger partial charge in [0.05, 0.1) is 5.02 Å². The Hall–Kier alpha value is -1.50. The standard InChI is InChI=1S/C14H9BrClFN2OS/c15-11-6-5-10(7-12(11)16)18-14(21)19-13(20)8-1-3-9(17)4-2-8/h1-7H,(H2,18,19,20,21). The molecule has 0 unspecified atom stereocenters. The van der Waals surface area contributed by atoms with Gasteiger partial charge in [-0.05, 0) is 70.6 Å². The van der Waals surface area contributed by atoms with Crippen molar-refractivity contribution in [1.82, 2.24) is 5.32 Å². The van der Waals surface area contributed by atoms with Gasteiger partial charge in [-0.2, -0.15) is 0 Å². The third-order valence-corrected chi connectivity index (χ3v) is 3.95. The lowest BCUT2D eigenvalue weighted by Crippen LogP contribution is -2.34. The van der Waals surface area contributed by atoms with Crippen molar-refractivity contribution in [1.29, 1.82) is 0 Å². The summed E-state index contributed by atoms with van der Waals surface area (Å²) in [4.78, 5) is 11.9. The second-order valence-corrected chi connectivity index (χ2v) is 5.71. The number of benzene rings is 2. The average Bonchev–Trinajstić information content (AvgIpc) is 2.43. The van der Waals surface area contributed by atoms with Crippen LogP contribution in [0, 0.1) is 5.82 Å². The first-order chi connectivity index (χ1) is 9.95. The zero-order valence-corrected chi connectivity index (χ0v) is 13.7. The molecule has 2 aromatic carbocycles. The molecule has 2 N–H and O–H groups in total. The molecule has 0 radical (unpaired) electrons. The predicted octanol–water partition coefficient (Wildman–Crippen LogP) is 4.37. The van der Waals surface area contributed by atoms with Gasteiger partial charge in [-0.1, -0.05) is 11.6 Å². The second kappa shape index (κ2) is 6.98. The molecule has 0 bridgehead atoms. The first kappa shape index (κ1) is 15.9. The molecule has 3 nitrogen and oxygen atoms in total. The van der Waals surface area contributed by atoms with Crippen molar-refractivity contribution < 1.29 is 9.18 Å². The zero-order chi connectivity index (χ0) is 15.4. The molecule has 21 heavy (non-hydrogen) atoms. The highest BCUT2D eigenvalue weighted by molar-refractivity contribution is 9.10. The lowest BCUT2D eigenvalue weighted by Gasteiger charge is -2.10. The summed E-state index contributed by atoms with van der Waals surface area (Å²) in [5.41, 5.74) is 0.960. The first-order valence-corrected chi connectivity index (χ1v) is 7.36. The van der Waals surface area contributed by atoms with Gasteiger partial charge >= 0.3 is 0 Å². The summed E-state index contributed by atoms with van der Waals surface area (Å²) in [6.07, 6.45) is 0. The highest BCUT2D eigenvalue weighted by atomic mass is 79.9. The molecule has 108 valence electrons. The van der Waals surface area contributed by atoms with Crippen LogP contribution < -0.4 is 10.6 Å². The van der Waals surface area contributed by atoms with Gasteiger partial charge in [0.25, 0.3) is 5.91 Å². The molecule has 0 saturated heterocycles. The van der Waals surface area contributed by atoms with Gasteiger partial charge in [-0.25, -0.2) is 4.39 Å². The number of anilines is 1. The minimum absolute atomic E-state index is 0.128. The number of hydrogen-bond donors (Lipinski definition) is 2. The Morgan fingerprint density at radius 1 is 1.19 bits per heavy atom. The van der Waals surface area contributed by atoms with E-state index in [0.717, 1.165) is 4.47 Å². The fourth-order valence-corrected chi connectivity index (χ4v) is 2.15. The van der Waals surface area contributed by atoms with E-state index in [0.29, 0.717) is 16.3 Å². The number of carbonyl (C=O) groups excluding carboxylic acids is 1. The summed E-state index contributed by atoms with van der Waals surface area (Å²) in [6, 6.07) is 10.4. The quantitative estimate of drug-likeness (QED) is 0.752. The first-order valence-electron chi connectivity index (χ1n) is 5.78. The van der Waals surface area contributed by atoms with E-state index in [4.69, 9.17) is 23.8 Å². The highest BCUT2D eigenvalue weighted by Crippen LogP contribution is 2.25. The van der Waals surface area contributed by atoms with Crippen molar-refractivity contribution in [2.24, 2.45) is 0 Å². The van der Waals surface area contributed by atoms with Crippen LogP contribution in [0.3, 0.4) is 0 Å². The summed E-state index contributed by atoms with van der Waals surface area (Å²) >= 11 is 14.3. The highest BCUT2D eigenvalue weighted by Gasteiger charge is 2.08. The van der Waals surface area contributed by atoms with Crippen LogP contribution in [0.5, 0.6) is 0 Å². The normalized spacial score (nSPS) is 10.0. The third-order valence-electron chi connectivity index (χ3n) is 2.51. The van der Waals surface area contributed by atoms with Crippen LogP contribution >= 0.6 is 39.7 Å². The van der Waals surface area contributed by atoms with Crippen LogP contribution in [0.1, 0.15) is 10.4 Å². The minimum atomic E-state index is -0.421. The van der Waals surface area contributed by atoms with Gasteiger partial charge in [0, 0.05) is 15.7 Å². The maximum absolute atomic E-state index is 12.8. The smallest absolute Gasteiger partial charge is 0.257 e. The molecule has 1 amide bonds. The third kappa shape index (κ3) is 4.49.